The second-order valence-corrected chi connectivity index (χ2v) is 3.86. The predicted molar refractivity (Wildman–Crippen MR) is 59.5 cm³/mol. The van der Waals surface area contributed by atoms with E-state index in [1.807, 2.05) is 24.3 Å². The van der Waals surface area contributed by atoms with Crippen molar-refractivity contribution >= 4 is 5.69 Å². The molecular weight excluding hydrogens is 190 g/mol. The van der Waals surface area contributed by atoms with Gasteiger partial charge in [0.1, 0.15) is 0 Å². The predicted octanol–water partition coefficient (Wildman–Crippen LogP) is 1.96. The number of ether oxygens (including phenoxy) is 2. The van der Waals surface area contributed by atoms with Crippen LogP contribution in [-0.2, 0) is 16.1 Å². The van der Waals surface area contributed by atoms with Crippen molar-refractivity contribution in [3.63, 3.8) is 0 Å². The first-order valence-electron chi connectivity index (χ1n) is 5.38. The number of anilines is 1. The van der Waals surface area contributed by atoms with Crippen molar-refractivity contribution in [1.29, 1.82) is 0 Å². The quantitative estimate of drug-likeness (QED) is 0.771. The Morgan fingerprint density at radius 1 is 1.20 bits per heavy atom. The van der Waals surface area contributed by atoms with Crippen molar-refractivity contribution in [3.8, 4) is 0 Å². The molecule has 1 aromatic rings. The van der Waals surface area contributed by atoms with Crippen LogP contribution >= 0.6 is 0 Å². The smallest absolute Gasteiger partial charge is 0.0720 e. The molecule has 2 N–H and O–H groups in total. The van der Waals surface area contributed by atoms with Gasteiger partial charge in [-0.3, -0.25) is 0 Å². The molecule has 1 aliphatic heterocycles. The van der Waals surface area contributed by atoms with Crippen molar-refractivity contribution in [1.82, 2.24) is 0 Å². The summed E-state index contributed by atoms with van der Waals surface area (Å²) in [7, 11) is 0. The van der Waals surface area contributed by atoms with Crippen molar-refractivity contribution in [3.05, 3.63) is 29.8 Å². The van der Waals surface area contributed by atoms with Gasteiger partial charge in [-0.1, -0.05) is 12.1 Å². The summed E-state index contributed by atoms with van der Waals surface area (Å²) in [6, 6.07) is 7.83. The van der Waals surface area contributed by atoms with Gasteiger partial charge in [0, 0.05) is 18.9 Å². The molecule has 0 bridgehead atoms. The number of benzene rings is 1. The highest BCUT2D eigenvalue weighted by Crippen LogP contribution is 2.14. The third kappa shape index (κ3) is 3.22. The van der Waals surface area contributed by atoms with Crippen LogP contribution in [-0.4, -0.2) is 19.3 Å². The van der Waals surface area contributed by atoms with Gasteiger partial charge in [-0.2, -0.15) is 0 Å². The van der Waals surface area contributed by atoms with Crippen molar-refractivity contribution < 1.29 is 9.47 Å². The fourth-order valence-electron chi connectivity index (χ4n) is 1.67. The number of nitrogens with two attached hydrogens (primary N) is 1. The van der Waals surface area contributed by atoms with E-state index in [9.17, 15) is 0 Å². The molecule has 1 aromatic carbocycles. The van der Waals surface area contributed by atoms with Crippen LogP contribution in [0.5, 0.6) is 0 Å². The fourth-order valence-corrected chi connectivity index (χ4v) is 1.67. The molecule has 0 aliphatic carbocycles. The van der Waals surface area contributed by atoms with Crippen molar-refractivity contribution in [2.45, 2.75) is 25.6 Å². The highest BCUT2D eigenvalue weighted by molar-refractivity contribution is 5.39. The maximum atomic E-state index is 5.79. The van der Waals surface area contributed by atoms with Crippen LogP contribution < -0.4 is 5.73 Å². The van der Waals surface area contributed by atoms with Crippen LogP contribution in [0.2, 0.25) is 0 Å². The highest BCUT2D eigenvalue weighted by atomic mass is 16.5. The fraction of sp³-hybridized carbons (Fsp3) is 0.500. The molecule has 82 valence electrons. The summed E-state index contributed by atoms with van der Waals surface area (Å²) in [4.78, 5) is 0. The van der Waals surface area contributed by atoms with Crippen LogP contribution in [0.15, 0.2) is 24.3 Å². The molecule has 0 aromatic heterocycles. The molecule has 0 atom stereocenters. The Hall–Kier alpha value is -1.06. The third-order valence-electron chi connectivity index (χ3n) is 2.63. The lowest BCUT2D eigenvalue weighted by Crippen LogP contribution is -2.23. The van der Waals surface area contributed by atoms with Gasteiger partial charge in [-0.05, 0) is 30.5 Å². The number of rotatable bonds is 3. The number of nitrogen functional groups attached to an aromatic ring is 1. The zero-order valence-corrected chi connectivity index (χ0v) is 8.82. The summed E-state index contributed by atoms with van der Waals surface area (Å²) in [5, 5.41) is 0. The maximum absolute atomic E-state index is 5.79. The minimum Gasteiger partial charge on any atom is -0.399 e. The summed E-state index contributed by atoms with van der Waals surface area (Å²) in [5.41, 5.74) is 7.58. The largest absolute Gasteiger partial charge is 0.399 e. The Labute approximate surface area is 90.2 Å². The van der Waals surface area contributed by atoms with Crippen LogP contribution in [0, 0.1) is 0 Å². The summed E-state index contributed by atoms with van der Waals surface area (Å²) >= 11 is 0. The molecule has 1 fully saturated rings. The average Bonchev–Trinajstić information content (AvgIpc) is 2.30. The summed E-state index contributed by atoms with van der Waals surface area (Å²) in [5.74, 6) is 0. The van der Waals surface area contributed by atoms with E-state index in [1.165, 1.54) is 5.56 Å². The lowest BCUT2D eigenvalue weighted by molar-refractivity contribution is -0.0390. The molecule has 0 unspecified atom stereocenters. The summed E-state index contributed by atoms with van der Waals surface area (Å²) < 4.78 is 11.1. The second kappa shape index (κ2) is 5.14. The van der Waals surface area contributed by atoms with E-state index >= 15 is 0 Å². The van der Waals surface area contributed by atoms with Crippen molar-refractivity contribution in [2.24, 2.45) is 0 Å². The molecule has 0 amide bonds. The van der Waals surface area contributed by atoms with Crippen molar-refractivity contribution in [2.75, 3.05) is 18.9 Å². The van der Waals surface area contributed by atoms with Gasteiger partial charge in [0.15, 0.2) is 0 Å². The van der Waals surface area contributed by atoms with E-state index in [1.54, 1.807) is 0 Å². The van der Waals surface area contributed by atoms with Gasteiger partial charge in [0.05, 0.1) is 12.7 Å². The molecule has 3 nitrogen and oxygen atoms in total. The highest BCUT2D eigenvalue weighted by Gasteiger charge is 2.13. The van der Waals surface area contributed by atoms with E-state index in [4.69, 9.17) is 15.2 Å². The molecule has 2 rings (SSSR count). The van der Waals surface area contributed by atoms with E-state index in [-0.39, 0.29) is 0 Å². The molecule has 0 radical (unpaired) electrons. The topological polar surface area (TPSA) is 44.5 Å². The Morgan fingerprint density at radius 2 is 1.87 bits per heavy atom. The maximum Gasteiger partial charge on any atom is 0.0720 e. The molecular formula is C12H17NO2. The lowest BCUT2D eigenvalue weighted by Gasteiger charge is -2.22. The number of hydrogen-bond donors (Lipinski definition) is 1. The normalized spacial score (nSPS) is 17.9. The Morgan fingerprint density at radius 3 is 2.53 bits per heavy atom. The second-order valence-electron chi connectivity index (χ2n) is 3.86. The minimum atomic E-state index is 0.358. The first-order valence-corrected chi connectivity index (χ1v) is 5.38. The Kier molecular flexibility index (Phi) is 3.59. The zero-order chi connectivity index (χ0) is 10.5. The Bertz CT molecular complexity index is 291. The minimum absolute atomic E-state index is 0.358. The van der Waals surface area contributed by atoms with Crippen LogP contribution in [0.3, 0.4) is 0 Å². The van der Waals surface area contributed by atoms with Gasteiger partial charge in [0.2, 0.25) is 0 Å². The molecule has 0 saturated carbocycles. The number of hydrogen-bond acceptors (Lipinski definition) is 3. The monoisotopic (exact) mass is 207 g/mol. The van der Waals surface area contributed by atoms with Crippen LogP contribution in [0.1, 0.15) is 18.4 Å². The molecule has 1 aliphatic rings. The van der Waals surface area contributed by atoms with E-state index in [0.29, 0.717) is 12.7 Å². The Balaban J connectivity index is 1.79. The summed E-state index contributed by atoms with van der Waals surface area (Å²) in [6.45, 7) is 2.32. The summed E-state index contributed by atoms with van der Waals surface area (Å²) in [6.07, 6.45) is 2.38. The van der Waals surface area contributed by atoms with E-state index in [0.717, 1.165) is 31.7 Å². The zero-order valence-electron chi connectivity index (χ0n) is 8.82. The molecule has 1 heterocycles. The molecule has 1 saturated heterocycles. The standard InChI is InChI=1S/C12H17NO2/c13-11-3-1-10(2-4-11)9-15-12-5-7-14-8-6-12/h1-4,12H,5-9,13H2. The average molecular weight is 207 g/mol. The van der Waals surface area contributed by atoms with Crippen LogP contribution in [0.25, 0.3) is 0 Å². The molecule has 0 spiro atoms. The first-order chi connectivity index (χ1) is 7.34. The van der Waals surface area contributed by atoms with E-state index < -0.39 is 0 Å². The van der Waals surface area contributed by atoms with Gasteiger partial charge >= 0.3 is 0 Å². The van der Waals surface area contributed by atoms with Gasteiger partial charge < -0.3 is 15.2 Å². The first kappa shape index (κ1) is 10.5. The SMILES string of the molecule is Nc1ccc(COC2CCOCC2)cc1. The van der Waals surface area contributed by atoms with Crippen LogP contribution in [0.4, 0.5) is 5.69 Å². The lowest BCUT2D eigenvalue weighted by atomic mass is 10.1. The third-order valence-corrected chi connectivity index (χ3v) is 2.63. The van der Waals surface area contributed by atoms with Gasteiger partial charge in [-0.15, -0.1) is 0 Å². The van der Waals surface area contributed by atoms with Gasteiger partial charge in [-0.25, -0.2) is 0 Å². The van der Waals surface area contributed by atoms with Gasteiger partial charge in [0.25, 0.3) is 0 Å². The molecule has 3 heteroatoms. The van der Waals surface area contributed by atoms with E-state index in [2.05, 4.69) is 0 Å². The molecule has 15 heavy (non-hydrogen) atoms.